The molecule has 2 N–H and O–H groups in total. The van der Waals surface area contributed by atoms with E-state index in [1.165, 1.54) is 28.8 Å². The van der Waals surface area contributed by atoms with E-state index in [-0.39, 0.29) is 30.8 Å². The number of rotatable bonds is 15. The number of carbonyl (C=O) groups excluding carboxylic acids is 2. The molecule has 0 aliphatic rings. The maximum atomic E-state index is 13.8. The fourth-order valence-electron chi connectivity index (χ4n) is 4.21. The molecule has 0 unspecified atom stereocenters. The Labute approximate surface area is 239 Å². The van der Waals surface area contributed by atoms with Crippen LogP contribution in [0.15, 0.2) is 58.9 Å². The smallest absolute Gasteiger partial charge is 0.407 e. The highest BCUT2D eigenvalue weighted by Crippen LogP contribution is 2.25. The second kappa shape index (κ2) is 15.1. The number of sulfonamides is 1. The number of esters is 1. The maximum absolute atomic E-state index is 13.8. The van der Waals surface area contributed by atoms with E-state index < -0.39 is 40.3 Å². The summed E-state index contributed by atoms with van der Waals surface area (Å²) in [6.45, 7) is 3.56. The molecule has 0 saturated carbocycles. The molecule has 0 fully saturated rings. The first-order chi connectivity index (χ1) is 19.1. The summed E-state index contributed by atoms with van der Waals surface area (Å²) in [5, 5.41) is 14.0. The lowest BCUT2D eigenvalue weighted by atomic mass is 10.0. The number of unbranched alkanes of at least 4 members (excludes halogenated alkanes) is 2. The highest BCUT2D eigenvalue weighted by atomic mass is 32.2. The van der Waals surface area contributed by atoms with Gasteiger partial charge >= 0.3 is 12.1 Å². The quantitative estimate of drug-likeness (QED) is 0.199. The summed E-state index contributed by atoms with van der Waals surface area (Å²) in [5.41, 5.74) is 3.22. The van der Waals surface area contributed by atoms with Gasteiger partial charge in [0.1, 0.15) is 6.10 Å². The molecule has 0 aliphatic heterocycles. The molecule has 0 radical (unpaired) electrons. The Kier molecular flexibility index (Phi) is 11.9. The number of thiazole rings is 1. The Morgan fingerprint density at radius 1 is 1.15 bits per heavy atom. The molecule has 10 nitrogen and oxygen atoms in total. The fourth-order valence-corrected chi connectivity index (χ4v) is 6.52. The molecule has 3 aromatic rings. The molecular formula is C28H37N3O7S2. The number of benzene rings is 2. The minimum absolute atomic E-state index is 0.122. The average molecular weight is 592 g/mol. The van der Waals surface area contributed by atoms with Gasteiger partial charge in [-0.2, -0.15) is 4.31 Å². The van der Waals surface area contributed by atoms with Crippen LogP contribution in [0.2, 0.25) is 0 Å². The number of amides is 1. The lowest BCUT2D eigenvalue weighted by molar-refractivity contribution is -0.142. The van der Waals surface area contributed by atoms with Gasteiger partial charge in [-0.25, -0.2) is 18.2 Å². The van der Waals surface area contributed by atoms with Crippen LogP contribution in [0.25, 0.3) is 10.2 Å². The highest BCUT2D eigenvalue weighted by molar-refractivity contribution is 7.89. The number of alkyl carbamates (subject to hydrolysis) is 1. The van der Waals surface area contributed by atoms with E-state index in [0.717, 1.165) is 23.1 Å². The van der Waals surface area contributed by atoms with Crippen molar-refractivity contribution in [1.82, 2.24) is 14.6 Å². The SMILES string of the molecule is CCCCCN(C[C@@H](O)[C@H](Cc1ccccc1)NC(=O)O[C@H](C)CC(=O)OC)S(=O)(=O)c1ccc2ncsc2c1. The largest absolute Gasteiger partial charge is 0.469 e. The van der Waals surface area contributed by atoms with Crippen molar-refractivity contribution in [1.29, 1.82) is 0 Å². The van der Waals surface area contributed by atoms with Gasteiger partial charge in [0.05, 0.1) is 46.3 Å². The Hall–Kier alpha value is -3.06. The van der Waals surface area contributed by atoms with Crippen LogP contribution in [0.5, 0.6) is 0 Å². The third kappa shape index (κ3) is 8.98. The second-order valence-electron chi connectivity index (χ2n) is 9.56. The number of hydrogen-bond donors (Lipinski definition) is 2. The number of aliphatic hydroxyl groups is 1. The van der Waals surface area contributed by atoms with Crippen molar-refractivity contribution in [3.63, 3.8) is 0 Å². The Bertz CT molecular complexity index is 1350. The number of ether oxygens (including phenoxy) is 2. The van der Waals surface area contributed by atoms with Crippen molar-refractivity contribution in [2.45, 2.75) is 69.1 Å². The summed E-state index contributed by atoms with van der Waals surface area (Å²) >= 11 is 1.35. The third-order valence-corrected chi connectivity index (χ3v) is 9.05. The zero-order chi connectivity index (χ0) is 29.1. The van der Waals surface area contributed by atoms with E-state index in [0.29, 0.717) is 11.9 Å². The fraction of sp³-hybridized carbons (Fsp3) is 0.464. The standard InChI is InChI=1S/C28H37N3O7S2/c1-4-5-9-14-31(40(35,36)22-12-13-23-26(17-22)39-19-29-23)18-25(32)24(16-21-10-7-6-8-11-21)30-28(34)38-20(2)15-27(33)37-3/h6-8,10-13,17,19-20,24-25,32H,4-5,9,14-16,18H2,1-3H3,(H,30,34)/t20-,24+,25-/m1/s1. The number of nitrogens with zero attached hydrogens (tertiary/aromatic N) is 2. The molecular weight excluding hydrogens is 554 g/mol. The van der Waals surface area contributed by atoms with Gasteiger partial charge in [0.25, 0.3) is 0 Å². The summed E-state index contributed by atoms with van der Waals surface area (Å²) < 4.78 is 39.4. The van der Waals surface area contributed by atoms with Crippen molar-refractivity contribution in [3.05, 3.63) is 59.6 Å². The molecule has 1 amide bonds. The molecule has 12 heteroatoms. The molecule has 3 atom stereocenters. The van der Waals surface area contributed by atoms with Crippen molar-refractivity contribution in [2.75, 3.05) is 20.2 Å². The van der Waals surface area contributed by atoms with Gasteiger partial charge in [-0.15, -0.1) is 11.3 Å². The van der Waals surface area contributed by atoms with Gasteiger partial charge in [-0.1, -0.05) is 50.1 Å². The molecule has 2 aromatic carbocycles. The second-order valence-corrected chi connectivity index (χ2v) is 12.4. The van der Waals surface area contributed by atoms with Crippen LogP contribution >= 0.6 is 11.3 Å². The van der Waals surface area contributed by atoms with Crippen LogP contribution < -0.4 is 5.32 Å². The molecule has 3 rings (SSSR count). The summed E-state index contributed by atoms with van der Waals surface area (Å²) in [5.74, 6) is -0.523. The Morgan fingerprint density at radius 2 is 1.90 bits per heavy atom. The Balaban J connectivity index is 1.82. The number of aromatic nitrogens is 1. The van der Waals surface area contributed by atoms with E-state index in [4.69, 9.17) is 4.74 Å². The van der Waals surface area contributed by atoms with E-state index in [1.807, 2.05) is 37.3 Å². The van der Waals surface area contributed by atoms with Crippen molar-refractivity contribution >= 4 is 43.6 Å². The summed E-state index contributed by atoms with van der Waals surface area (Å²) in [6.07, 6.45) is -0.381. The number of nitrogens with one attached hydrogen (secondary N) is 1. The minimum atomic E-state index is -3.96. The monoisotopic (exact) mass is 591 g/mol. The maximum Gasteiger partial charge on any atom is 0.407 e. The number of methoxy groups -OCH3 is 1. The van der Waals surface area contributed by atoms with Crippen molar-refractivity contribution < 1.29 is 32.6 Å². The van der Waals surface area contributed by atoms with E-state index in [9.17, 15) is 23.1 Å². The summed E-state index contributed by atoms with van der Waals surface area (Å²) in [6, 6.07) is 13.2. The van der Waals surface area contributed by atoms with Gasteiger partial charge in [0, 0.05) is 13.1 Å². The predicted molar refractivity (Wildman–Crippen MR) is 154 cm³/mol. The first kappa shape index (κ1) is 31.5. The number of carbonyl (C=O) groups is 2. The summed E-state index contributed by atoms with van der Waals surface area (Å²) in [7, 11) is -2.71. The molecule has 1 heterocycles. The van der Waals surface area contributed by atoms with E-state index in [1.54, 1.807) is 24.6 Å². The van der Waals surface area contributed by atoms with Crippen LogP contribution in [0.3, 0.4) is 0 Å². The lowest BCUT2D eigenvalue weighted by Crippen LogP contribution is -2.51. The van der Waals surface area contributed by atoms with Crippen LogP contribution in [-0.2, 0) is 30.7 Å². The normalized spacial score (nSPS) is 14.0. The first-order valence-electron chi connectivity index (χ1n) is 13.2. The van der Waals surface area contributed by atoms with E-state index >= 15 is 0 Å². The van der Waals surface area contributed by atoms with Gasteiger partial charge in [-0.05, 0) is 43.5 Å². The number of fused-ring (bicyclic) bond motifs is 1. The zero-order valence-corrected chi connectivity index (χ0v) is 24.6. The molecule has 0 bridgehead atoms. The van der Waals surface area contributed by atoms with Crippen LogP contribution in [0.4, 0.5) is 4.79 Å². The van der Waals surface area contributed by atoms with Crippen LogP contribution in [0.1, 0.15) is 45.1 Å². The molecule has 0 saturated heterocycles. The summed E-state index contributed by atoms with van der Waals surface area (Å²) in [4.78, 5) is 28.6. The van der Waals surface area contributed by atoms with Gasteiger partial charge in [0.15, 0.2) is 0 Å². The van der Waals surface area contributed by atoms with Crippen molar-refractivity contribution in [2.24, 2.45) is 0 Å². The lowest BCUT2D eigenvalue weighted by Gasteiger charge is -2.30. The first-order valence-corrected chi connectivity index (χ1v) is 15.5. The molecule has 1 aromatic heterocycles. The molecule has 0 aliphatic carbocycles. The molecule has 218 valence electrons. The van der Waals surface area contributed by atoms with Gasteiger partial charge in [-0.3, -0.25) is 4.79 Å². The van der Waals surface area contributed by atoms with Gasteiger partial charge in [0.2, 0.25) is 10.0 Å². The minimum Gasteiger partial charge on any atom is -0.469 e. The zero-order valence-electron chi connectivity index (χ0n) is 23.0. The topological polar surface area (TPSA) is 135 Å². The number of aliphatic hydroxyl groups excluding tert-OH is 1. The van der Waals surface area contributed by atoms with Gasteiger partial charge < -0.3 is 19.9 Å². The van der Waals surface area contributed by atoms with Crippen LogP contribution in [0, 0.1) is 0 Å². The highest BCUT2D eigenvalue weighted by Gasteiger charge is 2.31. The average Bonchev–Trinajstić information content (AvgIpc) is 3.40. The number of hydrogen-bond acceptors (Lipinski definition) is 9. The Morgan fingerprint density at radius 3 is 2.60 bits per heavy atom. The molecule has 40 heavy (non-hydrogen) atoms. The van der Waals surface area contributed by atoms with E-state index in [2.05, 4.69) is 15.0 Å². The van der Waals surface area contributed by atoms with Crippen molar-refractivity contribution in [3.8, 4) is 0 Å². The van der Waals surface area contributed by atoms with Crippen LogP contribution in [-0.4, -0.2) is 73.3 Å². The third-order valence-electron chi connectivity index (χ3n) is 6.40. The predicted octanol–water partition coefficient (Wildman–Crippen LogP) is 4.13. The molecule has 0 spiro atoms.